The standard InChI is InChI=1S/C18H24N4O2S/c1-12(2)15-11-25-17(21-15)13-5-4-8-22(10-13)18(23)20-14-6-7-16(24-3)19-9-14/h6-7,9,11-13H,4-5,8,10H2,1-3H3,(H,20,23). The fourth-order valence-electron chi connectivity index (χ4n) is 2.89. The van der Waals surface area contributed by atoms with Crippen LogP contribution in [-0.2, 0) is 0 Å². The van der Waals surface area contributed by atoms with Crippen molar-refractivity contribution in [2.24, 2.45) is 0 Å². The molecule has 1 fully saturated rings. The van der Waals surface area contributed by atoms with E-state index in [-0.39, 0.29) is 6.03 Å². The van der Waals surface area contributed by atoms with Gasteiger partial charge in [-0.25, -0.2) is 14.8 Å². The first kappa shape index (κ1) is 17.7. The summed E-state index contributed by atoms with van der Waals surface area (Å²) in [5.74, 6) is 1.29. The lowest BCUT2D eigenvalue weighted by Gasteiger charge is -2.31. The van der Waals surface area contributed by atoms with Crippen molar-refractivity contribution in [2.45, 2.75) is 38.5 Å². The molecule has 1 aliphatic rings. The summed E-state index contributed by atoms with van der Waals surface area (Å²) in [5.41, 5.74) is 1.81. The molecular formula is C18H24N4O2S. The molecule has 1 atom stereocenters. The predicted molar refractivity (Wildman–Crippen MR) is 99.6 cm³/mol. The number of hydrogen-bond donors (Lipinski definition) is 1. The van der Waals surface area contributed by atoms with Gasteiger partial charge in [0, 0.05) is 30.5 Å². The Labute approximate surface area is 152 Å². The molecule has 0 spiro atoms. The molecule has 1 N–H and O–H groups in total. The highest BCUT2D eigenvalue weighted by Crippen LogP contribution is 2.31. The number of likely N-dealkylation sites (tertiary alicyclic amines) is 1. The van der Waals surface area contributed by atoms with Crippen molar-refractivity contribution in [1.29, 1.82) is 0 Å². The third-order valence-electron chi connectivity index (χ3n) is 4.39. The minimum absolute atomic E-state index is 0.0858. The number of carbonyl (C=O) groups is 1. The number of anilines is 1. The maximum atomic E-state index is 12.6. The number of carbonyl (C=O) groups excluding carboxylic acids is 1. The number of piperidine rings is 1. The summed E-state index contributed by atoms with van der Waals surface area (Å²) in [4.78, 5) is 23.3. The minimum Gasteiger partial charge on any atom is -0.481 e. The SMILES string of the molecule is COc1ccc(NC(=O)N2CCCC(c3nc(C(C)C)cs3)C2)cn1. The zero-order valence-corrected chi connectivity index (χ0v) is 15.7. The number of urea groups is 1. The minimum atomic E-state index is -0.0858. The lowest BCUT2D eigenvalue weighted by Crippen LogP contribution is -2.41. The predicted octanol–water partition coefficient (Wildman–Crippen LogP) is 4.08. The third-order valence-corrected chi connectivity index (χ3v) is 5.41. The van der Waals surface area contributed by atoms with Crippen LogP contribution in [0.1, 0.15) is 49.2 Å². The molecule has 2 amide bonds. The Morgan fingerprint density at radius 1 is 1.44 bits per heavy atom. The molecule has 25 heavy (non-hydrogen) atoms. The van der Waals surface area contributed by atoms with Crippen LogP contribution >= 0.6 is 11.3 Å². The van der Waals surface area contributed by atoms with Crippen LogP contribution in [0.2, 0.25) is 0 Å². The highest BCUT2D eigenvalue weighted by Gasteiger charge is 2.27. The van der Waals surface area contributed by atoms with Gasteiger partial charge in [-0.15, -0.1) is 11.3 Å². The molecule has 0 radical (unpaired) electrons. The largest absolute Gasteiger partial charge is 0.481 e. The summed E-state index contributed by atoms with van der Waals surface area (Å²) in [7, 11) is 1.57. The first-order chi connectivity index (χ1) is 12.1. The normalized spacial score (nSPS) is 17.6. The van der Waals surface area contributed by atoms with E-state index < -0.39 is 0 Å². The number of nitrogens with one attached hydrogen (secondary N) is 1. The van der Waals surface area contributed by atoms with Crippen molar-refractivity contribution in [3.63, 3.8) is 0 Å². The molecule has 1 saturated heterocycles. The Kier molecular flexibility index (Phi) is 5.53. The highest BCUT2D eigenvalue weighted by atomic mass is 32.1. The van der Waals surface area contributed by atoms with Crippen molar-refractivity contribution >= 4 is 23.1 Å². The van der Waals surface area contributed by atoms with Gasteiger partial charge < -0.3 is 15.0 Å². The van der Waals surface area contributed by atoms with Crippen molar-refractivity contribution in [2.75, 3.05) is 25.5 Å². The number of ether oxygens (including phenoxy) is 1. The second kappa shape index (κ2) is 7.82. The maximum Gasteiger partial charge on any atom is 0.321 e. The molecular weight excluding hydrogens is 336 g/mol. The van der Waals surface area contributed by atoms with E-state index in [4.69, 9.17) is 9.72 Å². The fraction of sp³-hybridized carbons (Fsp3) is 0.500. The molecule has 134 valence electrons. The first-order valence-corrected chi connectivity index (χ1v) is 9.46. The van der Waals surface area contributed by atoms with Gasteiger partial charge in [0.1, 0.15) is 0 Å². The van der Waals surface area contributed by atoms with Crippen LogP contribution in [0.5, 0.6) is 5.88 Å². The smallest absolute Gasteiger partial charge is 0.321 e. The Balaban J connectivity index is 1.62. The van der Waals surface area contributed by atoms with Gasteiger partial charge in [0.05, 0.1) is 29.7 Å². The number of methoxy groups -OCH3 is 1. The van der Waals surface area contributed by atoms with E-state index in [1.807, 2.05) is 4.90 Å². The molecule has 3 rings (SSSR count). The molecule has 2 aromatic rings. The lowest BCUT2D eigenvalue weighted by molar-refractivity contribution is 0.192. The van der Waals surface area contributed by atoms with E-state index in [0.717, 1.165) is 30.1 Å². The second-order valence-corrected chi connectivity index (χ2v) is 7.46. The lowest BCUT2D eigenvalue weighted by atomic mass is 9.99. The summed E-state index contributed by atoms with van der Waals surface area (Å²) >= 11 is 1.71. The molecule has 0 bridgehead atoms. The highest BCUT2D eigenvalue weighted by molar-refractivity contribution is 7.09. The van der Waals surface area contributed by atoms with Crippen molar-refractivity contribution in [3.05, 3.63) is 34.4 Å². The summed E-state index contributed by atoms with van der Waals surface area (Å²) in [6.45, 7) is 5.79. The summed E-state index contributed by atoms with van der Waals surface area (Å²) in [6.07, 6.45) is 3.68. The van der Waals surface area contributed by atoms with E-state index in [0.29, 0.717) is 29.9 Å². The molecule has 0 saturated carbocycles. The van der Waals surface area contributed by atoms with Gasteiger partial charge in [0.15, 0.2) is 0 Å². The number of nitrogens with zero attached hydrogens (tertiary/aromatic N) is 3. The monoisotopic (exact) mass is 360 g/mol. The Hall–Kier alpha value is -2.15. The average Bonchev–Trinajstić information content (AvgIpc) is 3.13. The molecule has 2 aromatic heterocycles. The van der Waals surface area contributed by atoms with Crippen molar-refractivity contribution in [1.82, 2.24) is 14.9 Å². The van der Waals surface area contributed by atoms with Gasteiger partial charge in [0.25, 0.3) is 0 Å². The quantitative estimate of drug-likeness (QED) is 0.892. The van der Waals surface area contributed by atoms with E-state index >= 15 is 0 Å². The fourth-order valence-corrected chi connectivity index (χ4v) is 4.00. The Bertz CT molecular complexity index is 714. The van der Waals surface area contributed by atoms with Gasteiger partial charge >= 0.3 is 6.03 Å². The molecule has 1 unspecified atom stereocenters. The third kappa shape index (κ3) is 4.28. The summed E-state index contributed by atoms with van der Waals surface area (Å²) < 4.78 is 5.03. The van der Waals surface area contributed by atoms with Gasteiger partial charge in [-0.3, -0.25) is 0 Å². The van der Waals surface area contributed by atoms with Gasteiger partial charge in [-0.05, 0) is 24.8 Å². The number of rotatable bonds is 4. The van der Waals surface area contributed by atoms with Crippen LogP contribution in [-0.4, -0.2) is 41.1 Å². The van der Waals surface area contributed by atoms with E-state index in [2.05, 4.69) is 29.5 Å². The second-order valence-electron chi connectivity index (χ2n) is 6.57. The van der Waals surface area contributed by atoms with Crippen molar-refractivity contribution in [3.8, 4) is 5.88 Å². The Morgan fingerprint density at radius 2 is 2.28 bits per heavy atom. The Morgan fingerprint density at radius 3 is 2.92 bits per heavy atom. The van der Waals surface area contributed by atoms with E-state index in [1.165, 1.54) is 0 Å². The van der Waals surface area contributed by atoms with Crippen LogP contribution < -0.4 is 10.1 Å². The van der Waals surface area contributed by atoms with Gasteiger partial charge in [0.2, 0.25) is 5.88 Å². The van der Waals surface area contributed by atoms with Gasteiger partial charge in [-0.1, -0.05) is 13.8 Å². The molecule has 1 aliphatic heterocycles. The molecule has 7 heteroatoms. The number of aromatic nitrogens is 2. The first-order valence-electron chi connectivity index (χ1n) is 8.58. The number of hydrogen-bond acceptors (Lipinski definition) is 5. The molecule has 0 aliphatic carbocycles. The topological polar surface area (TPSA) is 67.3 Å². The number of pyridine rings is 1. The molecule has 3 heterocycles. The molecule has 0 aromatic carbocycles. The van der Waals surface area contributed by atoms with Gasteiger partial charge in [-0.2, -0.15) is 0 Å². The zero-order chi connectivity index (χ0) is 17.8. The van der Waals surface area contributed by atoms with E-state index in [1.54, 1.807) is 36.8 Å². The maximum absolute atomic E-state index is 12.6. The van der Waals surface area contributed by atoms with Crippen LogP contribution in [0.15, 0.2) is 23.7 Å². The summed E-state index contributed by atoms with van der Waals surface area (Å²) in [5, 5.41) is 6.20. The van der Waals surface area contributed by atoms with E-state index in [9.17, 15) is 4.79 Å². The number of amides is 2. The van der Waals surface area contributed by atoms with Crippen LogP contribution in [0.25, 0.3) is 0 Å². The summed E-state index contributed by atoms with van der Waals surface area (Å²) in [6, 6.07) is 3.44. The van der Waals surface area contributed by atoms with Crippen LogP contribution in [0, 0.1) is 0 Å². The number of thiazole rings is 1. The van der Waals surface area contributed by atoms with Crippen molar-refractivity contribution < 1.29 is 9.53 Å². The zero-order valence-electron chi connectivity index (χ0n) is 14.9. The van der Waals surface area contributed by atoms with Crippen LogP contribution in [0.3, 0.4) is 0 Å². The van der Waals surface area contributed by atoms with Crippen LogP contribution in [0.4, 0.5) is 10.5 Å². The molecule has 6 nitrogen and oxygen atoms in total. The average molecular weight is 360 g/mol.